The predicted octanol–water partition coefficient (Wildman–Crippen LogP) is 6.96. The maximum atomic E-state index is 11.8. The number of nitrogens with zero attached hydrogens (tertiary/aromatic N) is 4. The average Bonchev–Trinajstić information content (AvgIpc) is 3.40. The topological polar surface area (TPSA) is 130 Å². The summed E-state index contributed by atoms with van der Waals surface area (Å²) in [5.74, 6) is 1.35. The van der Waals surface area contributed by atoms with Crippen molar-refractivity contribution < 1.29 is 37.4 Å². The Morgan fingerprint density at radius 3 is 1.41 bits per heavy atom. The first-order valence-electron chi connectivity index (χ1n) is 14.0. The molecule has 2 saturated heterocycles. The van der Waals surface area contributed by atoms with Crippen LogP contribution >= 0.6 is 23.2 Å². The molecule has 4 heterocycles. The van der Waals surface area contributed by atoms with Gasteiger partial charge < -0.3 is 37.6 Å². The number of likely N-dealkylation sites (tertiary alicyclic amines) is 2. The van der Waals surface area contributed by atoms with E-state index in [2.05, 4.69) is 9.97 Å². The Morgan fingerprint density at radius 1 is 0.705 bits per heavy atom. The number of ether oxygens (including phenoxy) is 4. The van der Waals surface area contributed by atoms with Gasteiger partial charge in [0.25, 0.3) is 10.7 Å². The van der Waals surface area contributed by atoms with Crippen molar-refractivity contribution in [2.75, 3.05) is 26.2 Å². The third kappa shape index (κ3) is 8.17. The molecule has 0 radical (unpaired) electrons. The molecule has 236 valence electrons. The van der Waals surface area contributed by atoms with E-state index in [1.54, 1.807) is 46.2 Å². The molecule has 0 atom stereocenters. The maximum Gasteiger partial charge on any atom is 0.410 e. The molecule has 6 rings (SSSR count). The third-order valence-corrected chi connectivity index (χ3v) is 6.59. The van der Waals surface area contributed by atoms with Gasteiger partial charge in [0, 0.05) is 12.1 Å². The largest absolute Gasteiger partial charge is 0.487 e. The summed E-state index contributed by atoms with van der Waals surface area (Å²) in [6, 6.07) is 10.6. The van der Waals surface area contributed by atoms with Gasteiger partial charge in [-0.3, -0.25) is 0 Å². The number of amides is 2. The van der Waals surface area contributed by atoms with Crippen LogP contribution in [0.2, 0.25) is 10.7 Å². The Bertz CT molecular complexity index is 1520. The second-order valence-corrected chi connectivity index (χ2v) is 13.1. The molecule has 2 aromatic carbocycles. The van der Waals surface area contributed by atoms with Crippen molar-refractivity contribution in [2.24, 2.45) is 0 Å². The van der Waals surface area contributed by atoms with Gasteiger partial charge in [-0.1, -0.05) is 0 Å². The summed E-state index contributed by atoms with van der Waals surface area (Å²) in [7, 11) is 0. The van der Waals surface area contributed by atoms with Crippen LogP contribution in [0.4, 0.5) is 9.59 Å². The Hall–Kier alpha value is -3.90. The highest BCUT2D eigenvalue weighted by Crippen LogP contribution is 2.27. The summed E-state index contributed by atoms with van der Waals surface area (Å²) < 4.78 is 32.6. The highest BCUT2D eigenvalue weighted by Gasteiger charge is 2.36. The number of hydrogen-bond acceptors (Lipinski definition) is 10. The molecule has 2 aliphatic heterocycles. The summed E-state index contributed by atoms with van der Waals surface area (Å²) >= 11 is 11.4. The van der Waals surface area contributed by atoms with Crippen LogP contribution in [-0.2, 0) is 9.47 Å². The second kappa shape index (κ2) is 12.2. The Kier molecular flexibility index (Phi) is 8.77. The fourth-order valence-electron chi connectivity index (χ4n) is 4.27. The van der Waals surface area contributed by atoms with Gasteiger partial charge in [0.2, 0.25) is 0 Å². The van der Waals surface area contributed by atoms with Gasteiger partial charge in [-0.25, -0.2) is 9.59 Å². The molecule has 2 fully saturated rings. The van der Waals surface area contributed by atoms with Crippen molar-refractivity contribution in [3.05, 3.63) is 47.1 Å². The highest BCUT2D eigenvalue weighted by molar-refractivity contribution is 6.28. The third-order valence-electron chi connectivity index (χ3n) is 6.27. The van der Waals surface area contributed by atoms with E-state index < -0.39 is 11.2 Å². The molecule has 2 aliphatic rings. The highest BCUT2D eigenvalue weighted by atomic mass is 35.5. The fraction of sp³-hybridized carbons (Fsp3) is 0.467. The van der Waals surface area contributed by atoms with Gasteiger partial charge in [-0.15, -0.1) is 0 Å². The van der Waals surface area contributed by atoms with Crippen molar-refractivity contribution in [2.45, 2.75) is 65.0 Å². The van der Waals surface area contributed by atoms with Crippen LogP contribution in [0.3, 0.4) is 0 Å². The van der Waals surface area contributed by atoms with E-state index in [0.717, 1.165) is 0 Å². The smallest absolute Gasteiger partial charge is 0.410 e. The first-order chi connectivity index (χ1) is 20.6. The standard InChI is InChI=1S/2C15H17ClN2O4/c2*1-15(2,3)22-14(19)18-7-10(8-18)20-9-4-5-12-11(6-9)17-13(16)21-12/h2*4-6,10H,7-8H2,1-3H3. The summed E-state index contributed by atoms with van der Waals surface area (Å²) in [6.45, 7) is 13.1. The number of halogens is 2. The van der Waals surface area contributed by atoms with Crippen LogP contribution in [0.5, 0.6) is 11.5 Å². The molecular weight excluding hydrogens is 615 g/mol. The van der Waals surface area contributed by atoms with E-state index in [9.17, 15) is 9.59 Å². The zero-order valence-corrected chi connectivity index (χ0v) is 26.8. The zero-order chi connectivity index (χ0) is 31.8. The van der Waals surface area contributed by atoms with Crippen LogP contribution in [0.1, 0.15) is 41.5 Å². The molecule has 0 aliphatic carbocycles. The molecule has 4 aromatic rings. The fourth-order valence-corrected chi connectivity index (χ4v) is 4.61. The van der Waals surface area contributed by atoms with Gasteiger partial charge in [-0.05, 0) is 89.0 Å². The maximum absolute atomic E-state index is 11.8. The molecule has 0 saturated carbocycles. The minimum absolute atomic E-state index is 0.0488. The van der Waals surface area contributed by atoms with Crippen molar-refractivity contribution in [3.63, 3.8) is 0 Å². The molecule has 0 N–H and O–H groups in total. The number of fused-ring (bicyclic) bond motifs is 2. The number of hydrogen-bond donors (Lipinski definition) is 0. The number of carbonyl (C=O) groups is 2. The van der Waals surface area contributed by atoms with Crippen LogP contribution in [0.25, 0.3) is 22.2 Å². The molecule has 12 nitrogen and oxygen atoms in total. The van der Waals surface area contributed by atoms with Crippen molar-refractivity contribution in [1.29, 1.82) is 0 Å². The summed E-state index contributed by atoms with van der Waals surface area (Å²) in [4.78, 5) is 35.0. The second-order valence-electron chi connectivity index (χ2n) is 12.4. The lowest BCUT2D eigenvalue weighted by atomic mass is 10.1. The summed E-state index contributed by atoms with van der Waals surface area (Å²) in [5, 5.41) is 0.207. The normalized spacial score (nSPS) is 15.7. The summed E-state index contributed by atoms with van der Waals surface area (Å²) in [6.07, 6.45) is -0.725. The molecule has 0 spiro atoms. The summed E-state index contributed by atoms with van der Waals surface area (Å²) in [5.41, 5.74) is 1.54. The van der Waals surface area contributed by atoms with Crippen LogP contribution < -0.4 is 9.47 Å². The van der Waals surface area contributed by atoms with E-state index in [0.29, 0.717) is 59.9 Å². The van der Waals surface area contributed by atoms with E-state index >= 15 is 0 Å². The quantitative estimate of drug-likeness (QED) is 0.229. The molecule has 0 unspecified atom stereocenters. The number of carbonyl (C=O) groups excluding carboxylic acids is 2. The lowest BCUT2D eigenvalue weighted by Gasteiger charge is -2.39. The average molecular weight is 650 g/mol. The monoisotopic (exact) mass is 648 g/mol. The van der Waals surface area contributed by atoms with E-state index in [-0.39, 0.29) is 35.1 Å². The Morgan fingerprint density at radius 2 is 1.07 bits per heavy atom. The predicted molar refractivity (Wildman–Crippen MR) is 162 cm³/mol. The van der Waals surface area contributed by atoms with Gasteiger partial charge >= 0.3 is 12.2 Å². The van der Waals surface area contributed by atoms with Crippen molar-refractivity contribution in [3.8, 4) is 11.5 Å². The van der Waals surface area contributed by atoms with Gasteiger partial charge in [0.15, 0.2) is 11.2 Å². The van der Waals surface area contributed by atoms with Crippen LogP contribution in [0, 0.1) is 0 Å². The molecule has 2 aromatic heterocycles. The van der Waals surface area contributed by atoms with Crippen LogP contribution in [0.15, 0.2) is 45.2 Å². The van der Waals surface area contributed by atoms with E-state index in [4.69, 9.17) is 51.0 Å². The number of rotatable bonds is 4. The molecule has 2 amide bonds. The number of aromatic nitrogens is 2. The Balaban J connectivity index is 0.000000175. The minimum Gasteiger partial charge on any atom is -0.487 e. The Labute approximate surface area is 264 Å². The van der Waals surface area contributed by atoms with E-state index in [1.807, 2.05) is 41.5 Å². The van der Waals surface area contributed by atoms with E-state index in [1.165, 1.54) is 0 Å². The van der Waals surface area contributed by atoms with Gasteiger partial charge in [0.1, 0.15) is 45.9 Å². The van der Waals surface area contributed by atoms with Crippen molar-refractivity contribution in [1.82, 2.24) is 19.8 Å². The van der Waals surface area contributed by atoms with Crippen molar-refractivity contribution >= 4 is 57.6 Å². The lowest BCUT2D eigenvalue weighted by molar-refractivity contribution is -0.0224. The SMILES string of the molecule is CC(C)(C)OC(=O)N1CC(Oc2ccc3oc(Cl)nc3c2)C1.CC(C)(C)OC(=O)N1CC(Oc2ccc3oc(Cl)nc3c2)C1. The number of benzene rings is 2. The zero-order valence-electron chi connectivity index (χ0n) is 25.3. The lowest BCUT2D eigenvalue weighted by Crippen LogP contribution is -2.57. The molecular formula is C30H34Cl2N4O8. The van der Waals surface area contributed by atoms with Gasteiger partial charge in [-0.2, -0.15) is 9.97 Å². The first kappa shape index (κ1) is 31.5. The molecule has 14 heteroatoms. The number of oxazole rings is 2. The molecule has 44 heavy (non-hydrogen) atoms. The molecule has 0 bridgehead atoms. The van der Waals surface area contributed by atoms with Crippen LogP contribution in [-0.4, -0.2) is 81.5 Å². The first-order valence-corrected chi connectivity index (χ1v) is 14.8. The van der Waals surface area contributed by atoms with Gasteiger partial charge in [0.05, 0.1) is 26.2 Å². The minimum atomic E-state index is -0.486.